The SMILES string of the molecule is CC(Nc1ncnc2c1CNC2=O)c1cccc(C(F)(F)F)c1. The number of nitrogens with one attached hydrogen (secondary N) is 2. The zero-order valence-corrected chi connectivity index (χ0v) is 12.1. The molecule has 120 valence electrons. The molecule has 0 aliphatic carbocycles. The van der Waals surface area contributed by atoms with Gasteiger partial charge in [-0.3, -0.25) is 4.79 Å². The molecule has 1 aromatic heterocycles. The minimum Gasteiger partial charge on any atom is -0.363 e. The zero-order chi connectivity index (χ0) is 16.6. The Morgan fingerprint density at radius 1 is 1.30 bits per heavy atom. The van der Waals surface area contributed by atoms with E-state index in [2.05, 4.69) is 20.6 Å². The minimum absolute atomic E-state index is 0.280. The molecule has 0 bridgehead atoms. The van der Waals surface area contributed by atoms with Crippen LogP contribution in [0.5, 0.6) is 0 Å². The Hall–Kier alpha value is -2.64. The molecule has 1 aliphatic heterocycles. The summed E-state index contributed by atoms with van der Waals surface area (Å²) in [5.41, 5.74) is 0.688. The monoisotopic (exact) mass is 322 g/mol. The lowest BCUT2D eigenvalue weighted by atomic mass is 10.0. The lowest BCUT2D eigenvalue weighted by molar-refractivity contribution is -0.137. The van der Waals surface area contributed by atoms with Gasteiger partial charge < -0.3 is 10.6 Å². The van der Waals surface area contributed by atoms with Crippen LogP contribution in [0.1, 0.15) is 40.1 Å². The lowest BCUT2D eigenvalue weighted by Crippen LogP contribution is -2.13. The van der Waals surface area contributed by atoms with Gasteiger partial charge in [-0.1, -0.05) is 12.1 Å². The number of hydrogen-bond donors (Lipinski definition) is 2. The van der Waals surface area contributed by atoms with Crippen LogP contribution in [0, 0.1) is 0 Å². The van der Waals surface area contributed by atoms with Crippen LogP contribution in [-0.4, -0.2) is 15.9 Å². The first-order valence-electron chi connectivity index (χ1n) is 6.92. The summed E-state index contributed by atoms with van der Waals surface area (Å²) in [5, 5.41) is 5.68. The van der Waals surface area contributed by atoms with Crippen LogP contribution in [0.4, 0.5) is 19.0 Å². The molecule has 0 saturated heterocycles. The maximum Gasteiger partial charge on any atom is 0.416 e. The molecule has 0 fully saturated rings. The highest BCUT2D eigenvalue weighted by Crippen LogP contribution is 2.31. The van der Waals surface area contributed by atoms with Crippen LogP contribution >= 0.6 is 0 Å². The number of benzene rings is 1. The fourth-order valence-corrected chi connectivity index (χ4v) is 2.42. The molecule has 23 heavy (non-hydrogen) atoms. The molecule has 1 unspecified atom stereocenters. The maximum absolute atomic E-state index is 12.8. The van der Waals surface area contributed by atoms with Gasteiger partial charge in [0.1, 0.15) is 17.8 Å². The van der Waals surface area contributed by atoms with Crippen LogP contribution in [0.15, 0.2) is 30.6 Å². The number of aromatic nitrogens is 2. The molecule has 0 saturated carbocycles. The van der Waals surface area contributed by atoms with Gasteiger partial charge in [0.2, 0.25) is 0 Å². The second-order valence-corrected chi connectivity index (χ2v) is 5.22. The first kappa shape index (κ1) is 15.3. The van der Waals surface area contributed by atoms with E-state index in [0.29, 0.717) is 29.2 Å². The largest absolute Gasteiger partial charge is 0.416 e. The molecule has 1 aromatic carbocycles. The minimum atomic E-state index is -4.39. The predicted molar refractivity (Wildman–Crippen MR) is 76.7 cm³/mol. The molecule has 1 atom stereocenters. The first-order chi connectivity index (χ1) is 10.9. The number of carbonyl (C=O) groups excluding carboxylic acids is 1. The van der Waals surface area contributed by atoms with Gasteiger partial charge >= 0.3 is 6.18 Å². The highest BCUT2D eigenvalue weighted by Gasteiger charge is 2.31. The third-order valence-corrected chi connectivity index (χ3v) is 3.65. The van der Waals surface area contributed by atoms with Crippen LogP contribution in [0.3, 0.4) is 0 Å². The van der Waals surface area contributed by atoms with Crippen molar-refractivity contribution in [1.82, 2.24) is 15.3 Å². The number of hydrogen-bond acceptors (Lipinski definition) is 4. The smallest absolute Gasteiger partial charge is 0.363 e. The Labute approximate surface area is 130 Å². The summed E-state index contributed by atoms with van der Waals surface area (Å²) in [5.74, 6) is 0.162. The fraction of sp³-hybridized carbons (Fsp3) is 0.267. The Balaban J connectivity index is 1.86. The van der Waals surface area contributed by atoms with E-state index in [1.165, 1.54) is 12.4 Å². The highest BCUT2D eigenvalue weighted by molar-refractivity contribution is 5.97. The lowest BCUT2D eigenvalue weighted by Gasteiger charge is -2.18. The van der Waals surface area contributed by atoms with Gasteiger partial charge in [0, 0.05) is 18.2 Å². The highest BCUT2D eigenvalue weighted by atomic mass is 19.4. The van der Waals surface area contributed by atoms with Crippen molar-refractivity contribution in [2.24, 2.45) is 0 Å². The summed E-state index contributed by atoms with van der Waals surface area (Å²) in [7, 11) is 0. The van der Waals surface area contributed by atoms with E-state index in [1.54, 1.807) is 13.0 Å². The van der Waals surface area contributed by atoms with Crippen molar-refractivity contribution in [3.05, 3.63) is 53.0 Å². The maximum atomic E-state index is 12.8. The van der Waals surface area contributed by atoms with Crippen molar-refractivity contribution in [3.8, 4) is 0 Å². The first-order valence-corrected chi connectivity index (χ1v) is 6.92. The number of fused-ring (bicyclic) bond motifs is 1. The van der Waals surface area contributed by atoms with Gasteiger partial charge in [0.15, 0.2) is 0 Å². The van der Waals surface area contributed by atoms with Crippen LogP contribution in [0.25, 0.3) is 0 Å². The predicted octanol–water partition coefficient (Wildman–Crippen LogP) is 2.91. The Kier molecular flexibility index (Phi) is 3.67. The molecule has 8 heteroatoms. The quantitative estimate of drug-likeness (QED) is 0.912. The van der Waals surface area contributed by atoms with Crippen molar-refractivity contribution in [1.29, 1.82) is 0 Å². The zero-order valence-electron chi connectivity index (χ0n) is 12.1. The molecular weight excluding hydrogens is 309 g/mol. The summed E-state index contributed by atoms with van der Waals surface area (Å²) in [6.07, 6.45) is -3.13. The normalized spacial score (nSPS) is 15.0. The van der Waals surface area contributed by atoms with Gasteiger partial charge in [0.25, 0.3) is 5.91 Å². The number of halogens is 3. The van der Waals surface area contributed by atoms with Crippen LogP contribution in [0.2, 0.25) is 0 Å². The van der Waals surface area contributed by atoms with Gasteiger partial charge in [-0.2, -0.15) is 13.2 Å². The Morgan fingerprint density at radius 3 is 2.83 bits per heavy atom. The summed E-state index contributed by atoms with van der Waals surface area (Å²) < 4.78 is 38.4. The van der Waals surface area contributed by atoms with E-state index < -0.39 is 17.8 Å². The number of amides is 1. The number of carbonyl (C=O) groups is 1. The summed E-state index contributed by atoms with van der Waals surface area (Å²) in [6.45, 7) is 2.03. The van der Waals surface area contributed by atoms with Gasteiger partial charge in [-0.15, -0.1) is 0 Å². The van der Waals surface area contributed by atoms with E-state index in [0.717, 1.165) is 12.1 Å². The van der Waals surface area contributed by atoms with Crippen molar-refractivity contribution < 1.29 is 18.0 Å². The number of nitrogens with zero attached hydrogens (tertiary/aromatic N) is 2. The summed E-state index contributed by atoms with van der Waals surface area (Å²) in [4.78, 5) is 19.6. The average molecular weight is 322 g/mol. The molecule has 0 spiro atoms. The number of anilines is 1. The second-order valence-electron chi connectivity index (χ2n) is 5.22. The van der Waals surface area contributed by atoms with Crippen LogP contribution in [-0.2, 0) is 12.7 Å². The third-order valence-electron chi connectivity index (χ3n) is 3.65. The standard InChI is InChI=1S/C15H13F3N4O/c1-8(9-3-2-4-10(5-9)15(16,17)18)22-13-11-6-19-14(23)12(11)20-7-21-13/h2-5,7-8H,6H2,1H3,(H,19,23)(H,20,21,22). The molecule has 2 aromatic rings. The third kappa shape index (κ3) is 2.96. The van der Waals surface area contributed by atoms with Crippen molar-refractivity contribution in [2.45, 2.75) is 25.7 Å². The average Bonchev–Trinajstić information content (AvgIpc) is 2.89. The second kappa shape index (κ2) is 5.53. The topological polar surface area (TPSA) is 66.9 Å². The Bertz CT molecular complexity index is 761. The van der Waals surface area contributed by atoms with Gasteiger partial charge in [0.05, 0.1) is 5.56 Å². The molecule has 5 nitrogen and oxygen atoms in total. The van der Waals surface area contributed by atoms with Crippen molar-refractivity contribution >= 4 is 11.7 Å². The fourth-order valence-electron chi connectivity index (χ4n) is 2.42. The molecule has 1 amide bonds. The number of alkyl halides is 3. The molecular formula is C15H13F3N4O. The Morgan fingerprint density at radius 2 is 2.09 bits per heavy atom. The van der Waals surface area contributed by atoms with Crippen LogP contribution < -0.4 is 10.6 Å². The summed E-state index contributed by atoms with van der Waals surface area (Å²) >= 11 is 0. The molecule has 0 radical (unpaired) electrons. The van der Waals surface area contributed by atoms with Crippen molar-refractivity contribution in [2.75, 3.05) is 5.32 Å². The van der Waals surface area contributed by atoms with Crippen molar-refractivity contribution in [3.63, 3.8) is 0 Å². The van der Waals surface area contributed by atoms with E-state index in [9.17, 15) is 18.0 Å². The van der Waals surface area contributed by atoms with Gasteiger partial charge in [-0.05, 0) is 24.6 Å². The van der Waals surface area contributed by atoms with E-state index >= 15 is 0 Å². The molecule has 2 N–H and O–H groups in total. The summed E-state index contributed by atoms with van der Waals surface area (Å²) in [6, 6.07) is 4.69. The molecule has 1 aliphatic rings. The van der Waals surface area contributed by atoms with E-state index in [1.807, 2.05) is 0 Å². The number of rotatable bonds is 3. The molecule has 2 heterocycles. The van der Waals surface area contributed by atoms with Gasteiger partial charge in [-0.25, -0.2) is 9.97 Å². The van der Waals surface area contributed by atoms with E-state index in [4.69, 9.17) is 0 Å². The van der Waals surface area contributed by atoms with E-state index in [-0.39, 0.29) is 5.91 Å². The molecule has 3 rings (SSSR count).